The van der Waals surface area contributed by atoms with Crippen LogP contribution in [0.2, 0.25) is 0 Å². The first-order valence-electron chi connectivity index (χ1n) is 12.8. The van der Waals surface area contributed by atoms with Gasteiger partial charge in [0.2, 0.25) is 10.0 Å². The van der Waals surface area contributed by atoms with Crippen LogP contribution in [0.3, 0.4) is 0 Å². The molecule has 1 aliphatic rings. The third kappa shape index (κ3) is 5.01. The van der Waals surface area contributed by atoms with Crippen LogP contribution in [0, 0.1) is 0 Å². The summed E-state index contributed by atoms with van der Waals surface area (Å²) in [6.45, 7) is 6.85. The molecule has 1 N–H and O–H groups in total. The number of ether oxygens (including phenoxy) is 1. The summed E-state index contributed by atoms with van der Waals surface area (Å²) in [5.74, 6) is 1.52. The highest BCUT2D eigenvalue weighted by Gasteiger charge is 2.30. The molecule has 0 saturated carbocycles. The molecule has 0 atom stereocenters. The Bertz CT molecular complexity index is 1580. The molecule has 0 aliphatic carbocycles. The molecule has 0 spiro atoms. The number of hydrogen-bond donors (Lipinski definition) is 1. The zero-order valence-corrected chi connectivity index (χ0v) is 22.3. The van der Waals surface area contributed by atoms with Gasteiger partial charge in [-0.25, -0.2) is 23.4 Å². The summed E-state index contributed by atoms with van der Waals surface area (Å²) in [6.07, 6.45) is 4.95. The number of fused-ring (bicyclic) bond motifs is 1. The molecule has 3 aromatic heterocycles. The SMILES string of the molecule is CCCOc1ccc(S(=O)(=O)N2CCN(c3ccccn3)CC2)cc1-c1nc2c(ncn2CCC)c(=O)[nH]1. The van der Waals surface area contributed by atoms with E-state index in [4.69, 9.17) is 4.74 Å². The van der Waals surface area contributed by atoms with Crippen molar-refractivity contribution in [3.05, 3.63) is 59.3 Å². The molecule has 4 aromatic rings. The summed E-state index contributed by atoms with van der Waals surface area (Å²) >= 11 is 0. The highest BCUT2D eigenvalue weighted by atomic mass is 32.2. The number of aromatic amines is 1. The Kier molecular flexibility index (Phi) is 7.43. The van der Waals surface area contributed by atoms with Crippen molar-refractivity contribution in [3.63, 3.8) is 0 Å². The largest absolute Gasteiger partial charge is 0.493 e. The number of benzene rings is 1. The third-order valence-corrected chi connectivity index (χ3v) is 8.35. The fourth-order valence-corrected chi connectivity index (χ4v) is 5.97. The lowest BCUT2D eigenvalue weighted by molar-refractivity contribution is 0.318. The molecule has 200 valence electrons. The lowest BCUT2D eigenvalue weighted by atomic mass is 10.2. The molecule has 1 fully saturated rings. The maximum Gasteiger partial charge on any atom is 0.279 e. The van der Waals surface area contributed by atoms with Crippen LogP contribution in [0.1, 0.15) is 26.7 Å². The molecule has 12 heteroatoms. The molecule has 1 aromatic carbocycles. The first-order valence-corrected chi connectivity index (χ1v) is 14.2. The van der Waals surface area contributed by atoms with Crippen molar-refractivity contribution in [2.45, 2.75) is 38.1 Å². The smallest absolute Gasteiger partial charge is 0.279 e. The maximum atomic E-state index is 13.7. The van der Waals surface area contributed by atoms with Crippen LogP contribution < -0.4 is 15.2 Å². The predicted molar refractivity (Wildman–Crippen MR) is 145 cm³/mol. The number of aryl methyl sites for hydroxylation is 1. The van der Waals surface area contributed by atoms with Gasteiger partial charge >= 0.3 is 0 Å². The predicted octanol–water partition coefficient (Wildman–Crippen LogP) is 2.89. The summed E-state index contributed by atoms with van der Waals surface area (Å²) in [4.78, 5) is 31.1. The summed E-state index contributed by atoms with van der Waals surface area (Å²) in [5, 5.41) is 0. The number of nitrogens with one attached hydrogen (secondary N) is 1. The molecule has 4 heterocycles. The van der Waals surface area contributed by atoms with Gasteiger partial charge in [-0.05, 0) is 43.2 Å². The minimum Gasteiger partial charge on any atom is -0.493 e. The number of hydrogen-bond acceptors (Lipinski definition) is 8. The Balaban J connectivity index is 1.50. The lowest BCUT2D eigenvalue weighted by Gasteiger charge is -2.34. The molecule has 0 radical (unpaired) electrons. The quantitative estimate of drug-likeness (QED) is 0.345. The van der Waals surface area contributed by atoms with E-state index in [2.05, 4.69) is 24.8 Å². The van der Waals surface area contributed by atoms with Crippen LogP contribution in [0.5, 0.6) is 5.75 Å². The summed E-state index contributed by atoms with van der Waals surface area (Å²) < 4.78 is 36.5. The molecule has 0 amide bonds. The van der Waals surface area contributed by atoms with Gasteiger partial charge in [-0.1, -0.05) is 19.9 Å². The van der Waals surface area contributed by atoms with Gasteiger partial charge in [-0.2, -0.15) is 4.31 Å². The number of piperazine rings is 1. The number of pyridine rings is 1. The van der Waals surface area contributed by atoms with Crippen molar-refractivity contribution in [1.29, 1.82) is 0 Å². The number of sulfonamides is 1. The normalized spacial score (nSPS) is 14.7. The third-order valence-electron chi connectivity index (χ3n) is 6.46. The van der Waals surface area contributed by atoms with Crippen molar-refractivity contribution in [3.8, 4) is 17.1 Å². The lowest BCUT2D eigenvalue weighted by Crippen LogP contribution is -2.48. The van der Waals surface area contributed by atoms with Crippen LogP contribution in [-0.2, 0) is 16.6 Å². The van der Waals surface area contributed by atoms with Crippen LogP contribution in [0.15, 0.2) is 58.6 Å². The van der Waals surface area contributed by atoms with Crippen molar-refractivity contribution in [2.24, 2.45) is 0 Å². The van der Waals surface area contributed by atoms with E-state index in [1.54, 1.807) is 24.7 Å². The monoisotopic (exact) mass is 537 g/mol. The van der Waals surface area contributed by atoms with Crippen molar-refractivity contribution >= 4 is 27.0 Å². The molecule has 0 bridgehead atoms. The fourth-order valence-electron chi connectivity index (χ4n) is 4.53. The van der Waals surface area contributed by atoms with E-state index < -0.39 is 10.0 Å². The Morgan fingerprint density at radius 3 is 2.55 bits per heavy atom. The van der Waals surface area contributed by atoms with E-state index in [0.29, 0.717) is 56.3 Å². The van der Waals surface area contributed by atoms with Crippen LogP contribution >= 0.6 is 0 Å². The van der Waals surface area contributed by atoms with E-state index in [0.717, 1.165) is 18.7 Å². The number of nitrogens with zero attached hydrogens (tertiary/aromatic N) is 6. The summed E-state index contributed by atoms with van der Waals surface area (Å²) in [5.41, 5.74) is 0.716. The molecule has 38 heavy (non-hydrogen) atoms. The average Bonchev–Trinajstić information content (AvgIpc) is 3.36. The molecular formula is C26H31N7O4S. The Morgan fingerprint density at radius 2 is 1.84 bits per heavy atom. The van der Waals surface area contributed by atoms with Gasteiger partial charge < -0.3 is 19.2 Å². The molecule has 0 unspecified atom stereocenters. The fraction of sp³-hybridized carbons (Fsp3) is 0.385. The van der Waals surface area contributed by atoms with E-state index in [-0.39, 0.29) is 21.8 Å². The van der Waals surface area contributed by atoms with Gasteiger partial charge in [-0.15, -0.1) is 0 Å². The number of rotatable bonds is 9. The van der Waals surface area contributed by atoms with Gasteiger partial charge in [-0.3, -0.25) is 4.79 Å². The molecule has 1 aliphatic heterocycles. The second-order valence-corrected chi connectivity index (χ2v) is 11.0. The van der Waals surface area contributed by atoms with Gasteiger partial charge in [0.25, 0.3) is 5.56 Å². The second-order valence-electron chi connectivity index (χ2n) is 9.11. The van der Waals surface area contributed by atoms with Gasteiger partial charge in [0.05, 0.1) is 23.4 Å². The summed E-state index contributed by atoms with van der Waals surface area (Å²) in [6, 6.07) is 10.4. The Morgan fingerprint density at radius 1 is 1.03 bits per heavy atom. The van der Waals surface area contributed by atoms with Gasteiger partial charge in [0.15, 0.2) is 11.2 Å². The van der Waals surface area contributed by atoms with E-state index in [1.165, 1.54) is 10.4 Å². The number of imidazole rings is 1. The zero-order chi connectivity index (χ0) is 26.7. The van der Waals surface area contributed by atoms with E-state index >= 15 is 0 Å². The Hall–Kier alpha value is -3.77. The molecular weight excluding hydrogens is 506 g/mol. The van der Waals surface area contributed by atoms with E-state index in [1.807, 2.05) is 36.6 Å². The first-order chi connectivity index (χ1) is 18.4. The van der Waals surface area contributed by atoms with Crippen molar-refractivity contribution < 1.29 is 13.2 Å². The molecule has 11 nitrogen and oxygen atoms in total. The van der Waals surface area contributed by atoms with Gasteiger partial charge in [0, 0.05) is 38.9 Å². The minimum atomic E-state index is -3.80. The van der Waals surface area contributed by atoms with Crippen LogP contribution in [0.4, 0.5) is 5.82 Å². The molecule has 1 saturated heterocycles. The minimum absolute atomic E-state index is 0.118. The highest BCUT2D eigenvalue weighted by Crippen LogP contribution is 2.32. The standard InChI is InChI=1S/C26H31N7O4S/c1-3-11-32-18-28-23-25(32)29-24(30-26(23)34)20-17-19(8-9-21(20)37-16-4-2)38(35,36)33-14-12-31(13-15-33)22-7-5-6-10-27-22/h5-10,17-18H,3-4,11-16H2,1-2H3,(H,29,30,34). The zero-order valence-electron chi connectivity index (χ0n) is 21.5. The number of anilines is 1. The first kappa shape index (κ1) is 25.9. The number of aromatic nitrogens is 5. The number of H-pyrrole nitrogens is 1. The topological polar surface area (TPSA) is 126 Å². The second kappa shape index (κ2) is 10.9. The van der Waals surface area contributed by atoms with E-state index in [9.17, 15) is 13.2 Å². The Labute approximate surface area is 221 Å². The maximum absolute atomic E-state index is 13.7. The van der Waals surface area contributed by atoms with Crippen molar-refractivity contribution in [2.75, 3.05) is 37.7 Å². The van der Waals surface area contributed by atoms with Crippen LogP contribution in [0.25, 0.3) is 22.6 Å². The van der Waals surface area contributed by atoms with Crippen molar-refractivity contribution in [1.82, 2.24) is 28.8 Å². The highest BCUT2D eigenvalue weighted by molar-refractivity contribution is 7.89. The average molecular weight is 538 g/mol. The molecule has 5 rings (SSSR count). The summed E-state index contributed by atoms with van der Waals surface area (Å²) in [7, 11) is -3.80. The van der Waals surface area contributed by atoms with Crippen LogP contribution in [-0.4, -0.2) is 70.0 Å². The van der Waals surface area contributed by atoms with Gasteiger partial charge in [0.1, 0.15) is 17.4 Å².